The first-order valence-corrected chi connectivity index (χ1v) is 7.32. The highest BCUT2D eigenvalue weighted by Crippen LogP contribution is 2.46. The lowest BCUT2D eigenvalue weighted by atomic mass is 10.1. The molecule has 0 aliphatic heterocycles. The second-order valence-corrected chi connectivity index (χ2v) is 6.32. The number of ether oxygens (including phenoxy) is 1. The second-order valence-electron chi connectivity index (χ2n) is 5.30. The SMILES string of the molecule is CCOC(=O)c1c(NCC2(C)CC2)sc(C(N)=O)c1N. The van der Waals surface area contributed by atoms with Crippen molar-refractivity contribution in [2.75, 3.05) is 24.2 Å². The molecule has 0 bridgehead atoms. The highest BCUT2D eigenvalue weighted by molar-refractivity contribution is 7.19. The van der Waals surface area contributed by atoms with Crippen LogP contribution >= 0.6 is 11.3 Å². The molecule has 1 saturated carbocycles. The maximum Gasteiger partial charge on any atom is 0.343 e. The highest BCUT2D eigenvalue weighted by Gasteiger charge is 2.37. The molecule has 0 atom stereocenters. The van der Waals surface area contributed by atoms with Gasteiger partial charge in [-0.15, -0.1) is 11.3 Å². The van der Waals surface area contributed by atoms with Crippen LogP contribution < -0.4 is 16.8 Å². The van der Waals surface area contributed by atoms with Gasteiger partial charge in [-0.05, 0) is 25.2 Å². The average molecular weight is 297 g/mol. The number of nitrogen functional groups attached to an aromatic ring is 1. The van der Waals surface area contributed by atoms with Gasteiger partial charge in [0.1, 0.15) is 15.4 Å². The number of carbonyl (C=O) groups excluding carboxylic acids is 2. The van der Waals surface area contributed by atoms with E-state index in [0.717, 1.165) is 30.7 Å². The molecule has 1 aromatic rings. The zero-order chi connectivity index (χ0) is 14.9. The summed E-state index contributed by atoms with van der Waals surface area (Å²) in [5, 5.41) is 3.76. The number of carbonyl (C=O) groups is 2. The fourth-order valence-corrected chi connectivity index (χ4v) is 2.80. The Hall–Kier alpha value is -1.76. The molecule has 6 nitrogen and oxygen atoms in total. The Labute approximate surface area is 121 Å². The third kappa shape index (κ3) is 2.87. The standard InChI is InChI=1S/C13H19N3O3S/c1-3-19-12(18)7-8(14)9(10(15)17)20-11(7)16-6-13(2)4-5-13/h16H,3-6,14H2,1-2H3,(H2,15,17). The molecular weight excluding hydrogens is 278 g/mol. The van der Waals surface area contributed by atoms with Crippen molar-refractivity contribution in [2.24, 2.45) is 11.1 Å². The summed E-state index contributed by atoms with van der Waals surface area (Å²) in [6.07, 6.45) is 2.30. The molecule has 20 heavy (non-hydrogen) atoms. The second kappa shape index (κ2) is 5.32. The molecule has 1 aliphatic rings. The number of esters is 1. The Morgan fingerprint density at radius 2 is 2.10 bits per heavy atom. The Morgan fingerprint density at radius 1 is 1.45 bits per heavy atom. The van der Waals surface area contributed by atoms with E-state index in [0.29, 0.717) is 5.00 Å². The Kier molecular flexibility index (Phi) is 3.89. The number of anilines is 2. The van der Waals surface area contributed by atoms with Crippen molar-refractivity contribution >= 4 is 33.9 Å². The zero-order valence-electron chi connectivity index (χ0n) is 11.6. The van der Waals surface area contributed by atoms with Crippen LogP contribution in [-0.4, -0.2) is 25.0 Å². The Bertz CT molecular complexity index is 549. The van der Waals surface area contributed by atoms with Crippen molar-refractivity contribution in [3.8, 4) is 0 Å². The molecule has 0 radical (unpaired) electrons. The molecular formula is C13H19N3O3S. The van der Waals surface area contributed by atoms with Crippen molar-refractivity contribution in [3.63, 3.8) is 0 Å². The van der Waals surface area contributed by atoms with Gasteiger partial charge in [0, 0.05) is 6.54 Å². The molecule has 0 saturated heterocycles. The summed E-state index contributed by atoms with van der Waals surface area (Å²) < 4.78 is 4.99. The van der Waals surface area contributed by atoms with E-state index in [1.165, 1.54) is 0 Å². The molecule has 110 valence electrons. The van der Waals surface area contributed by atoms with E-state index >= 15 is 0 Å². The first kappa shape index (κ1) is 14.6. The molecule has 1 aromatic heterocycles. The normalized spacial score (nSPS) is 15.7. The lowest BCUT2D eigenvalue weighted by Crippen LogP contribution is -2.15. The number of amides is 1. The quantitative estimate of drug-likeness (QED) is 0.694. The van der Waals surface area contributed by atoms with Crippen LogP contribution in [0.4, 0.5) is 10.7 Å². The summed E-state index contributed by atoms with van der Waals surface area (Å²) in [4.78, 5) is 23.5. The van der Waals surface area contributed by atoms with Crippen LogP contribution in [0.5, 0.6) is 0 Å². The largest absolute Gasteiger partial charge is 0.462 e. The zero-order valence-corrected chi connectivity index (χ0v) is 12.4. The summed E-state index contributed by atoms with van der Waals surface area (Å²) in [6, 6.07) is 0. The summed E-state index contributed by atoms with van der Waals surface area (Å²) in [5.74, 6) is -1.17. The van der Waals surface area contributed by atoms with Crippen molar-refractivity contribution in [3.05, 3.63) is 10.4 Å². The van der Waals surface area contributed by atoms with Gasteiger partial charge in [-0.2, -0.15) is 0 Å². The van der Waals surface area contributed by atoms with Gasteiger partial charge in [0.25, 0.3) is 5.91 Å². The van der Waals surface area contributed by atoms with Gasteiger partial charge in [-0.25, -0.2) is 4.79 Å². The first-order chi connectivity index (χ1) is 9.38. The van der Waals surface area contributed by atoms with E-state index in [1.807, 2.05) is 0 Å². The number of nitrogens with one attached hydrogen (secondary N) is 1. The first-order valence-electron chi connectivity index (χ1n) is 6.51. The van der Waals surface area contributed by atoms with Crippen molar-refractivity contribution in [1.82, 2.24) is 0 Å². The van der Waals surface area contributed by atoms with Crippen molar-refractivity contribution in [1.29, 1.82) is 0 Å². The minimum Gasteiger partial charge on any atom is -0.462 e. The number of hydrogen-bond acceptors (Lipinski definition) is 6. The van der Waals surface area contributed by atoms with Gasteiger partial charge in [-0.3, -0.25) is 4.79 Å². The van der Waals surface area contributed by atoms with Gasteiger partial charge in [0.05, 0.1) is 12.3 Å². The summed E-state index contributed by atoms with van der Waals surface area (Å²) in [7, 11) is 0. The molecule has 1 fully saturated rings. The number of hydrogen-bond donors (Lipinski definition) is 3. The van der Waals surface area contributed by atoms with E-state index in [1.54, 1.807) is 6.92 Å². The van der Waals surface area contributed by atoms with E-state index < -0.39 is 11.9 Å². The molecule has 0 spiro atoms. The van der Waals surface area contributed by atoms with Crippen LogP contribution in [0.1, 0.15) is 46.7 Å². The maximum absolute atomic E-state index is 12.0. The maximum atomic E-state index is 12.0. The Morgan fingerprint density at radius 3 is 2.60 bits per heavy atom. The smallest absolute Gasteiger partial charge is 0.343 e. The summed E-state index contributed by atoms with van der Waals surface area (Å²) >= 11 is 1.11. The fourth-order valence-electron chi connectivity index (χ4n) is 1.84. The molecule has 0 aromatic carbocycles. The third-order valence-corrected chi connectivity index (χ3v) is 4.61. The number of rotatable bonds is 6. The predicted octanol–water partition coefficient (Wildman–Crippen LogP) is 1.82. The van der Waals surface area contributed by atoms with E-state index in [4.69, 9.17) is 16.2 Å². The third-order valence-electron chi connectivity index (χ3n) is 3.43. The molecule has 7 heteroatoms. The van der Waals surface area contributed by atoms with Gasteiger partial charge in [-0.1, -0.05) is 6.92 Å². The van der Waals surface area contributed by atoms with Crippen molar-refractivity contribution < 1.29 is 14.3 Å². The molecule has 1 aliphatic carbocycles. The summed E-state index contributed by atoms with van der Waals surface area (Å²) in [6.45, 7) is 4.86. The van der Waals surface area contributed by atoms with Gasteiger partial charge < -0.3 is 21.5 Å². The molecule has 1 heterocycles. The van der Waals surface area contributed by atoms with Crippen molar-refractivity contribution in [2.45, 2.75) is 26.7 Å². The van der Waals surface area contributed by atoms with Gasteiger partial charge >= 0.3 is 5.97 Å². The lowest BCUT2D eigenvalue weighted by Gasteiger charge is -2.11. The highest BCUT2D eigenvalue weighted by atomic mass is 32.1. The van der Waals surface area contributed by atoms with E-state index in [2.05, 4.69) is 12.2 Å². The molecule has 1 amide bonds. The predicted molar refractivity (Wildman–Crippen MR) is 79.0 cm³/mol. The topological polar surface area (TPSA) is 107 Å². The lowest BCUT2D eigenvalue weighted by molar-refractivity contribution is 0.0529. The van der Waals surface area contributed by atoms with Gasteiger partial charge in [0.15, 0.2) is 0 Å². The number of thiophene rings is 1. The van der Waals surface area contributed by atoms with Crippen LogP contribution in [0.15, 0.2) is 0 Å². The van der Waals surface area contributed by atoms with Crippen LogP contribution in [0.3, 0.4) is 0 Å². The van der Waals surface area contributed by atoms with Crippen LogP contribution in [0, 0.1) is 5.41 Å². The minimum absolute atomic E-state index is 0.101. The number of primary amides is 1. The average Bonchev–Trinajstić information content (AvgIpc) is 3.00. The summed E-state index contributed by atoms with van der Waals surface area (Å²) in [5.41, 5.74) is 11.7. The van der Waals surface area contributed by atoms with E-state index in [-0.39, 0.29) is 28.1 Å². The number of nitrogens with two attached hydrogens (primary N) is 2. The fraction of sp³-hybridized carbons (Fsp3) is 0.538. The minimum atomic E-state index is -0.635. The molecule has 2 rings (SSSR count). The molecule has 5 N–H and O–H groups in total. The Balaban J connectivity index is 2.29. The van der Waals surface area contributed by atoms with Gasteiger partial charge in [0.2, 0.25) is 0 Å². The monoisotopic (exact) mass is 297 g/mol. The van der Waals surface area contributed by atoms with Crippen LogP contribution in [-0.2, 0) is 4.74 Å². The van der Waals surface area contributed by atoms with Crippen LogP contribution in [0.25, 0.3) is 0 Å². The van der Waals surface area contributed by atoms with Crippen LogP contribution in [0.2, 0.25) is 0 Å². The van der Waals surface area contributed by atoms with E-state index in [9.17, 15) is 9.59 Å². The molecule has 0 unspecified atom stereocenters.